The summed E-state index contributed by atoms with van der Waals surface area (Å²) < 4.78 is 33.0. The van der Waals surface area contributed by atoms with E-state index in [1.807, 2.05) is 26.0 Å². The van der Waals surface area contributed by atoms with E-state index in [1.54, 1.807) is 85.2 Å². The Kier molecular flexibility index (Phi) is 9.29. The van der Waals surface area contributed by atoms with Crippen LogP contribution < -0.4 is 29.1 Å². The third kappa shape index (κ3) is 6.03. The number of allylic oxidation sites excluding steroid dienone is 1. The topological polar surface area (TPSA) is 82.4 Å². The number of benzene rings is 3. The van der Waals surface area contributed by atoms with Crippen LogP contribution in [-0.2, 0) is 11.4 Å². The molecular weight excluding hydrogens is 581 g/mol. The molecule has 8 nitrogen and oxygen atoms in total. The number of rotatable bonds is 10. The van der Waals surface area contributed by atoms with Gasteiger partial charge in [0.15, 0.2) is 4.80 Å². The molecule has 1 atom stereocenters. The molecule has 0 N–H and O–H groups in total. The van der Waals surface area contributed by atoms with Crippen molar-refractivity contribution in [3.05, 3.63) is 120 Å². The summed E-state index contributed by atoms with van der Waals surface area (Å²) in [6.07, 6.45) is 1.79. The summed E-state index contributed by atoms with van der Waals surface area (Å²) in [5.41, 5.74) is 2.55. The molecule has 228 valence electrons. The number of hydrogen-bond acceptors (Lipinski definition) is 7. The molecule has 0 aliphatic carbocycles. The first-order valence-corrected chi connectivity index (χ1v) is 15.1. The summed E-state index contributed by atoms with van der Waals surface area (Å²) in [5, 5.41) is 0. The van der Waals surface area contributed by atoms with Crippen LogP contribution in [0, 0.1) is 5.82 Å². The highest BCUT2D eigenvalue weighted by Crippen LogP contribution is 2.38. The van der Waals surface area contributed by atoms with E-state index in [4.69, 9.17) is 19.2 Å². The largest absolute Gasteiger partial charge is 0.497 e. The van der Waals surface area contributed by atoms with Gasteiger partial charge in [-0.1, -0.05) is 41.7 Å². The minimum absolute atomic E-state index is 0.103. The van der Waals surface area contributed by atoms with Crippen molar-refractivity contribution in [1.82, 2.24) is 9.47 Å². The summed E-state index contributed by atoms with van der Waals surface area (Å²) >= 11 is 1.25. The SMILES string of the molecule is CCN(CC)C(=O)C1=C(C)N=c2s/c(=C/c3ccc(OCc4ccccc4F)cc3)c(=O)n2[C@H]1c1cc(OC)ccc1OC. The van der Waals surface area contributed by atoms with Crippen molar-refractivity contribution in [3.63, 3.8) is 0 Å². The van der Waals surface area contributed by atoms with E-state index in [-0.39, 0.29) is 23.9 Å². The Morgan fingerprint density at radius 3 is 2.39 bits per heavy atom. The molecule has 3 aromatic carbocycles. The number of amides is 1. The van der Waals surface area contributed by atoms with E-state index < -0.39 is 6.04 Å². The molecular formula is C34H34FN3O5S. The van der Waals surface area contributed by atoms with E-state index in [9.17, 15) is 14.0 Å². The van der Waals surface area contributed by atoms with Gasteiger partial charge in [-0.25, -0.2) is 9.38 Å². The predicted molar refractivity (Wildman–Crippen MR) is 168 cm³/mol. The number of aromatic nitrogens is 1. The van der Waals surface area contributed by atoms with E-state index in [0.29, 0.717) is 62.1 Å². The fourth-order valence-corrected chi connectivity index (χ4v) is 6.26. The standard InChI is InChI=1S/C34H34FN3O5S/c1-6-37(7-2)33(40)30-21(3)36-34-38(31(30)26-19-25(41-4)16-17-28(26)42-5)32(39)29(44-34)18-22-12-14-24(15-13-22)43-20-23-10-8-9-11-27(23)35/h8-19,31H,6-7,20H2,1-5H3/b29-18+/t31-/m0/s1. The first-order valence-electron chi connectivity index (χ1n) is 14.3. The van der Waals surface area contributed by atoms with Crippen LogP contribution in [0.5, 0.6) is 17.2 Å². The minimum atomic E-state index is -0.777. The lowest BCUT2D eigenvalue weighted by Crippen LogP contribution is -2.43. The van der Waals surface area contributed by atoms with Crippen LogP contribution in [0.1, 0.15) is 43.5 Å². The van der Waals surface area contributed by atoms with E-state index in [2.05, 4.69) is 0 Å². The number of nitrogens with zero attached hydrogens (tertiary/aromatic N) is 3. The van der Waals surface area contributed by atoms with Gasteiger partial charge in [0.05, 0.1) is 30.0 Å². The summed E-state index contributed by atoms with van der Waals surface area (Å²) in [7, 11) is 3.12. The second-order valence-electron chi connectivity index (χ2n) is 10.1. The lowest BCUT2D eigenvalue weighted by Gasteiger charge is -2.30. The molecule has 0 spiro atoms. The van der Waals surface area contributed by atoms with Crippen molar-refractivity contribution in [3.8, 4) is 17.2 Å². The summed E-state index contributed by atoms with van der Waals surface area (Å²) in [6, 6.07) is 18.3. The Balaban J connectivity index is 1.57. The van der Waals surface area contributed by atoms with Crippen molar-refractivity contribution in [2.45, 2.75) is 33.4 Å². The molecule has 10 heteroatoms. The molecule has 0 bridgehead atoms. The Hall–Kier alpha value is -4.70. The van der Waals surface area contributed by atoms with Gasteiger partial charge in [-0.05, 0) is 68.8 Å². The summed E-state index contributed by atoms with van der Waals surface area (Å²) in [5.74, 6) is 1.17. The molecule has 0 saturated carbocycles. The highest BCUT2D eigenvalue weighted by atomic mass is 32.1. The van der Waals surface area contributed by atoms with Crippen LogP contribution in [0.15, 0.2) is 87.8 Å². The zero-order valence-corrected chi connectivity index (χ0v) is 26.1. The lowest BCUT2D eigenvalue weighted by molar-refractivity contribution is -0.127. The average molecular weight is 616 g/mol. The Morgan fingerprint density at radius 2 is 1.73 bits per heavy atom. The molecule has 0 fully saturated rings. The molecule has 1 aliphatic heterocycles. The molecule has 1 aliphatic rings. The summed E-state index contributed by atoms with van der Waals surface area (Å²) in [4.78, 5) is 34.9. The number of halogens is 1. The molecule has 44 heavy (non-hydrogen) atoms. The molecule has 2 heterocycles. The third-order valence-electron chi connectivity index (χ3n) is 7.56. The van der Waals surface area contributed by atoms with Crippen LogP contribution in [0.3, 0.4) is 0 Å². The predicted octanol–water partition coefficient (Wildman–Crippen LogP) is 4.84. The van der Waals surface area contributed by atoms with Crippen LogP contribution in [0.25, 0.3) is 6.08 Å². The van der Waals surface area contributed by atoms with Crippen LogP contribution in [-0.4, -0.2) is 42.7 Å². The second kappa shape index (κ2) is 13.3. The molecule has 1 aromatic heterocycles. The number of ether oxygens (including phenoxy) is 3. The van der Waals surface area contributed by atoms with Crippen LogP contribution in [0.2, 0.25) is 0 Å². The van der Waals surface area contributed by atoms with Crippen molar-refractivity contribution in [2.24, 2.45) is 4.99 Å². The number of thiazole rings is 1. The third-order valence-corrected chi connectivity index (χ3v) is 8.55. The monoisotopic (exact) mass is 615 g/mol. The lowest BCUT2D eigenvalue weighted by atomic mass is 9.93. The van der Waals surface area contributed by atoms with Gasteiger partial charge in [0.2, 0.25) is 0 Å². The van der Waals surface area contributed by atoms with Gasteiger partial charge >= 0.3 is 0 Å². The molecule has 5 rings (SSSR count). The molecule has 0 saturated heterocycles. The first kappa shape index (κ1) is 30.7. The molecule has 1 amide bonds. The van der Waals surface area contributed by atoms with Gasteiger partial charge in [-0.2, -0.15) is 0 Å². The van der Waals surface area contributed by atoms with Gasteiger partial charge < -0.3 is 19.1 Å². The van der Waals surface area contributed by atoms with Crippen LogP contribution in [0.4, 0.5) is 4.39 Å². The fraction of sp³-hybridized carbons (Fsp3) is 0.265. The van der Waals surface area contributed by atoms with Crippen molar-refractivity contribution >= 4 is 23.3 Å². The molecule has 0 radical (unpaired) electrons. The van der Waals surface area contributed by atoms with E-state index >= 15 is 0 Å². The number of carbonyl (C=O) groups is 1. The quantitative estimate of drug-likeness (QED) is 0.255. The van der Waals surface area contributed by atoms with E-state index in [0.717, 1.165) is 5.56 Å². The van der Waals surface area contributed by atoms with Gasteiger partial charge in [-0.15, -0.1) is 0 Å². The number of carbonyl (C=O) groups excluding carboxylic acids is 1. The molecule has 0 unspecified atom stereocenters. The number of methoxy groups -OCH3 is 2. The fourth-order valence-electron chi connectivity index (χ4n) is 5.21. The second-order valence-corrected chi connectivity index (χ2v) is 11.1. The smallest absolute Gasteiger partial charge is 0.271 e. The van der Waals surface area contributed by atoms with Gasteiger partial charge in [0, 0.05) is 24.2 Å². The normalized spacial score (nSPS) is 14.6. The highest BCUT2D eigenvalue weighted by molar-refractivity contribution is 7.07. The number of fused-ring (bicyclic) bond motifs is 1. The Morgan fingerprint density at radius 1 is 1.02 bits per heavy atom. The van der Waals surface area contributed by atoms with Gasteiger partial charge in [-0.3, -0.25) is 14.2 Å². The van der Waals surface area contributed by atoms with Crippen molar-refractivity contribution in [2.75, 3.05) is 27.3 Å². The van der Waals surface area contributed by atoms with Crippen molar-refractivity contribution in [1.29, 1.82) is 0 Å². The number of hydrogen-bond donors (Lipinski definition) is 0. The Labute approximate surface area is 259 Å². The Bertz CT molecular complexity index is 1890. The van der Waals surface area contributed by atoms with Gasteiger partial charge in [0.25, 0.3) is 11.5 Å². The summed E-state index contributed by atoms with van der Waals surface area (Å²) in [6.45, 7) is 6.77. The first-order chi connectivity index (χ1) is 21.3. The van der Waals surface area contributed by atoms with E-state index in [1.165, 1.54) is 17.4 Å². The zero-order chi connectivity index (χ0) is 31.4. The maximum atomic E-state index is 14.1. The van der Waals surface area contributed by atoms with Crippen LogP contribution >= 0.6 is 11.3 Å². The number of likely N-dealkylation sites (N-methyl/N-ethyl adjacent to an activating group) is 1. The van der Waals surface area contributed by atoms with Gasteiger partial charge in [0.1, 0.15) is 35.7 Å². The van der Waals surface area contributed by atoms with Crippen molar-refractivity contribution < 1.29 is 23.4 Å². The average Bonchev–Trinajstić information content (AvgIpc) is 3.34. The maximum Gasteiger partial charge on any atom is 0.271 e. The molecule has 4 aromatic rings. The minimum Gasteiger partial charge on any atom is -0.497 e. The maximum absolute atomic E-state index is 14.1. The zero-order valence-electron chi connectivity index (χ0n) is 25.3. The highest BCUT2D eigenvalue weighted by Gasteiger charge is 2.36.